The van der Waals surface area contributed by atoms with Crippen LogP contribution in [0.25, 0.3) is 0 Å². The van der Waals surface area contributed by atoms with Crippen molar-refractivity contribution in [3.05, 3.63) is 0 Å². The maximum Gasteiger partial charge on any atom is 0.305 e. The predicted octanol–water partition coefficient (Wildman–Crippen LogP) is 5.82. The van der Waals surface area contributed by atoms with Crippen LogP contribution >= 0.6 is 0 Å². The Bertz CT molecular complexity index is 326. The van der Waals surface area contributed by atoms with Crippen LogP contribution in [0.3, 0.4) is 0 Å². The van der Waals surface area contributed by atoms with E-state index in [4.69, 9.17) is 9.47 Å². The zero-order valence-electron chi connectivity index (χ0n) is 16.8. The summed E-state index contributed by atoms with van der Waals surface area (Å²) >= 11 is 0. The Balaban J connectivity index is 3.27. The Hall–Kier alpha value is -1.06. The van der Waals surface area contributed by atoms with Gasteiger partial charge < -0.3 is 9.47 Å². The first-order valence-electron chi connectivity index (χ1n) is 10.4. The fourth-order valence-corrected chi connectivity index (χ4v) is 2.51. The Labute approximate surface area is 155 Å². The largest absolute Gasteiger partial charge is 0.466 e. The number of hydrogen-bond acceptors (Lipinski definition) is 4. The summed E-state index contributed by atoms with van der Waals surface area (Å²) in [6.45, 7) is 7.55. The molecule has 25 heavy (non-hydrogen) atoms. The van der Waals surface area contributed by atoms with E-state index < -0.39 is 0 Å². The van der Waals surface area contributed by atoms with Crippen LogP contribution in [-0.4, -0.2) is 25.2 Å². The first kappa shape index (κ1) is 23.9. The summed E-state index contributed by atoms with van der Waals surface area (Å²) in [6.07, 6.45) is 12.7. The lowest BCUT2D eigenvalue weighted by Crippen LogP contribution is -2.07. The third kappa shape index (κ3) is 19.1. The molecule has 4 heteroatoms. The topological polar surface area (TPSA) is 52.6 Å². The number of unbranched alkanes of at least 4 members (excludes halogenated alkanes) is 8. The molecular weight excluding hydrogens is 316 g/mol. The quantitative estimate of drug-likeness (QED) is 0.243. The second-order valence-electron chi connectivity index (χ2n) is 7.31. The van der Waals surface area contributed by atoms with Gasteiger partial charge in [0.05, 0.1) is 13.2 Å². The maximum atomic E-state index is 11.5. The Morgan fingerprint density at radius 1 is 0.680 bits per heavy atom. The normalized spacial score (nSPS) is 10.9. The average Bonchev–Trinajstić information content (AvgIpc) is 2.56. The molecule has 4 nitrogen and oxygen atoms in total. The van der Waals surface area contributed by atoms with E-state index in [0.29, 0.717) is 32.0 Å². The molecule has 0 aliphatic heterocycles. The molecule has 0 aromatic carbocycles. The molecule has 0 atom stereocenters. The lowest BCUT2D eigenvalue weighted by atomic mass is 10.1. The lowest BCUT2D eigenvalue weighted by molar-refractivity contribution is -0.145. The van der Waals surface area contributed by atoms with Crippen LogP contribution in [0.1, 0.15) is 104 Å². The van der Waals surface area contributed by atoms with Gasteiger partial charge in [-0.15, -0.1) is 0 Å². The minimum absolute atomic E-state index is 0.0550. The fraction of sp³-hybridized carbons (Fsp3) is 0.905. The number of carbonyl (C=O) groups is 2. The average molecular weight is 357 g/mol. The van der Waals surface area contributed by atoms with Gasteiger partial charge in [-0.05, 0) is 31.6 Å². The molecule has 0 saturated heterocycles. The SMILES string of the molecule is CCCCCCOC(=O)CCCCCCCCC(=O)OCCC(C)C. The van der Waals surface area contributed by atoms with E-state index in [1.165, 1.54) is 12.8 Å². The standard InChI is InChI=1S/C21H40O4/c1-4-5-6-13-17-24-20(22)14-11-9-7-8-10-12-15-21(23)25-18-16-19(2)3/h19H,4-18H2,1-3H3. The highest BCUT2D eigenvalue weighted by Gasteiger charge is 2.04. The summed E-state index contributed by atoms with van der Waals surface area (Å²) in [5.74, 6) is 0.453. The van der Waals surface area contributed by atoms with Gasteiger partial charge in [0, 0.05) is 12.8 Å². The van der Waals surface area contributed by atoms with Crippen molar-refractivity contribution in [1.82, 2.24) is 0 Å². The molecule has 0 aliphatic carbocycles. The Morgan fingerprint density at radius 2 is 1.16 bits per heavy atom. The minimum atomic E-state index is -0.0673. The molecule has 0 heterocycles. The van der Waals surface area contributed by atoms with Crippen molar-refractivity contribution in [2.24, 2.45) is 5.92 Å². The molecular formula is C21H40O4. The van der Waals surface area contributed by atoms with Crippen LogP contribution in [0, 0.1) is 5.92 Å². The van der Waals surface area contributed by atoms with Crippen LogP contribution < -0.4 is 0 Å². The van der Waals surface area contributed by atoms with E-state index in [-0.39, 0.29) is 11.9 Å². The Kier molecular flexibility index (Phi) is 17.0. The molecule has 0 bridgehead atoms. The molecule has 0 unspecified atom stereocenters. The van der Waals surface area contributed by atoms with Crippen LogP contribution in [0.5, 0.6) is 0 Å². The van der Waals surface area contributed by atoms with Crippen molar-refractivity contribution in [1.29, 1.82) is 0 Å². The van der Waals surface area contributed by atoms with Gasteiger partial charge in [0.1, 0.15) is 0 Å². The molecule has 0 N–H and O–H groups in total. The van der Waals surface area contributed by atoms with Crippen LogP contribution in [0.2, 0.25) is 0 Å². The van der Waals surface area contributed by atoms with Gasteiger partial charge in [0.15, 0.2) is 0 Å². The molecule has 0 saturated carbocycles. The molecule has 0 fully saturated rings. The number of rotatable bonds is 17. The van der Waals surface area contributed by atoms with Crippen LogP contribution in [0.4, 0.5) is 0 Å². The van der Waals surface area contributed by atoms with Gasteiger partial charge >= 0.3 is 11.9 Å². The van der Waals surface area contributed by atoms with Crippen molar-refractivity contribution in [3.63, 3.8) is 0 Å². The van der Waals surface area contributed by atoms with Crippen molar-refractivity contribution >= 4 is 11.9 Å². The summed E-state index contributed by atoms with van der Waals surface area (Å²) in [4.78, 5) is 23.0. The van der Waals surface area contributed by atoms with Crippen molar-refractivity contribution in [3.8, 4) is 0 Å². The highest BCUT2D eigenvalue weighted by Crippen LogP contribution is 2.10. The number of hydrogen-bond donors (Lipinski definition) is 0. The summed E-state index contributed by atoms with van der Waals surface area (Å²) < 4.78 is 10.4. The predicted molar refractivity (Wildman–Crippen MR) is 102 cm³/mol. The first-order chi connectivity index (χ1) is 12.1. The van der Waals surface area contributed by atoms with Gasteiger partial charge in [0.2, 0.25) is 0 Å². The first-order valence-corrected chi connectivity index (χ1v) is 10.4. The molecule has 148 valence electrons. The lowest BCUT2D eigenvalue weighted by Gasteiger charge is -2.07. The summed E-state index contributed by atoms with van der Waals surface area (Å²) in [5.41, 5.74) is 0. The van der Waals surface area contributed by atoms with Gasteiger partial charge in [0.25, 0.3) is 0 Å². The second-order valence-corrected chi connectivity index (χ2v) is 7.31. The molecule has 0 amide bonds. The van der Waals surface area contributed by atoms with E-state index >= 15 is 0 Å². The summed E-state index contributed by atoms with van der Waals surface area (Å²) in [5, 5.41) is 0. The zero-order chi connectivity index (χ0) is 18.8. The van der Waals surface area contributed by atoms with Gasteiger partial charge in [-0.1, -0.05) is 65.7 Å². The smallest absolute Gasteiger partial charge is 0.305 e. The number of esters is 2. The molecule has 0 spiro atoms. The van der Waals surface area contributed by atoms with Crippen molar-refractivity contribution in [2.45, 2.75) is 104 Å². The minimum Gasteiger partial charge on any atom is -0.466 e. The molecule has 0 aromatic rings. The highest BCUT2D eigenvalue weighted by atomic mass is 16.5. The summed E-state index contributed by atoms with van der Waals surface area (Å²) in [7, 11) is 0. The van der Waals surface area contributed by atoms with E-state index in [1.54, 1.807) is 0 Å². The molecule has 0 rings (SSSR count). The molecule has 0 aliphatic rings. The van der Waals surface area contributed by atoms with E-state index in [9.17, 15) is 9.59 Å². The molecule has 0 aromatic heterocycles. The number of carbonyl (C=O) groups excluding carboxylic acids is 2. The summed E-state index contributed by atoms with van der Waals surface area (Å²) in [6, 6.07) is 0. The second kappa shape index (κ2) is 17.8. The van der Waals surface area contributed by atoms with Crippen LogP contribution in [-0.2, 0) is 19.1 Å². The molecule has 0 radical (unpaired) electrons. The maximum absolute atomic E-state index is 11.5. The van der Waals surface area contributed by atoms with Gasteiger partial charge in [-0.2, -0.15) is 0 Å². The van der Waals surface area contributed by atoms with Crippen LogP contribution in [0.15, 0.2) is 0 Å². The monoisotopic (exact) mass is 356 g/mol. The van der Waals surface area contributed by atoms with Gasteiger partial charge in [-0.3, -0.25) is 9.59 Å². The van der Waals surface area contributed by atoms with E-state index in [0.717, 1.165) is 57.8 Å². The fourth-order valence-electron chi connectivity index (χ4n) is 2.51. The zero-order valence-corrected chi connectivity index (χ0v) is 16.8. The highest BCUT2D eigenvalue weighted by molar-refractivity contribution is 5.69. The number of ether oxygens (including phenoxy) is 2. The van der Waals surface area contributed by atoms with Gasteiger partial charge in [-0.25, -0.2) is 0 Å². The Morgan fingerprint density at radius 3 is 1.68 bits per heavy atom. The van der Waals surface area contributed by atoms with E-state index in [2.05, 4.69) is 20.8 Å². The van der Waals surface area contributed by atoms with E-state index in [1.807, 2.05) is 0 Å². The third-order valence-electron chi connectivity index (χ3n) is 4.23. The third-order valence-corrected chi connectivity index (χ3v) is 4.23. The van der Waals surface area contributed by atoms with Crippen molar-refractivity contribution < 1.29 is 19.1 Å². The van der Waals surface area contributed by atoms with Crippen molar-refractivity contribution in [2.75, 3.05) is 13.2 Å².